The van der Waals surface area contributed by atoms with Gasteiger partial charge in [0.1, 0.15) is 5.82 Å². The lowest BCUT2D eigenvalue weighted by molar-refractivity contribution is 0.0643. The molecular formula is C16H22FNO. The van der Waals surface area contributed by atoms with Crippen LogP contribution in [0.1, 0.15) is 54.9 Å². The van der Waals surface area contributed by atoms with Crippen LogP contribution in [-0.2, 0) is 0 Å². The topological polar surface area (TPSA) is 20.3 Å². The van der Waals surface area contributed by atoms with Crippen LogP contribution in [0.25, 0.3) is 0 Å². The van der Waals surface area contributed by atoms with Gasteiger partial charge < -0.3 is 4.90 Å². The Hall–Kier alpha value is -1.38. The van der Waals surface area contributed by atoms with E-state index in [0.29, 0.717) is 6.54 Å². The normalized spacial score (nSPS) is 16.4. The minimum atomic E-state index is -0.403. The van der Waals surface area contributed by atoms with Crippen molar-refractivity contribution in [2.24, 2.45) is 0 Å². The fourth-order valence-electron chi connectivity index (χ4n) is 2.91. The maximum absolute atomic E-state index is 13.9. The largest absolute Gasteiger partial charge is 0.336 e. The molecular weight excluding hydrogens is 241 g/mol. The Bertz CT molecular complexity index is 452. The first-order chi connectivity index (χ1) is 9.13. The summed E-state index contributed by atoms with van der Waals surface area (Å²) in [6.07, 6.45) is 5.69. The Morgan fingerprint density at radius 3 is 2.58 bits per heavy atom. The summed E-state index contributed by atoms with van der Waals surface area (Å²) in [6, 6.07) is 5.12. The van der Waals surface area contributed by atoms with Gasteiger partial charge in [-0.25, -0.2) is 4.39 Å². The first-order valence-corrected chi connectivity index (χ1v) is 7.20. The third-order valence-corrected chi connectivity index (χ3v) is 3.97. The van der Waals surface area contributed by atoms with Gasteiger partial charge in [-0.05, 0) is 44.4 Å². The Labute approximate surface area is 114 Å². The molecule has 1 saturated carbocycles. The van der Waals surface area contributed by atoms with Crippen LogP contribution in [0.2, 0.25) is 0 Å². The van der Waals surface area contributed by atoms with Crippen LogP contribution in [0, 0.1) is 12.7 Å². The third kappa shape index (κ3) is 3.14. The Morgan fingerprint density at radius 2 is 2.00 bits per heavy atom. The molecule has 1 aliphatic carbocycles. The molecule has 1 aromatic rings. The quantitative estimate of drug-likeness (QED) is 0.809. The molecule has 0 aromatic heterocycles. The maximum Gasteiger partial charge on any atom is 0.257 e. The second-order valence-corrected chi connectivity index (χ2v) is 5.37. The van der Waals surface area contributed by atoms with Crippen LogP contribution in [0.15, 0.2) is 18.2 Å². The van der Waals surface area contributed by atoms with Crippen molar-refractivity contribution >= 4 is 5.91 Å². The first kappa shape index (κ1) is 14.0. The lowest BCUT2D eigenvalue weighted by Gasteiger charge is -2.33. The van der Waals surface area contributed by atoms with Crippen molar-refractivity contribution in [3.63, 3.8) is 0 Å². The SMILES string of the molecule is CCN(C(=O)c1ccc(C)cc1F)C1CCCCC1. The van der Waals surface area contributed by atoms with Gasteiger partial charge >= 0.3 is 0 Å². The maximum atomic E-state index is 13.9. The summed E-state index contributed by atoms with van der Waals surface area (Å²) in [5.41, 5.74) is 1.05. The van der Waals surface area contributed by atoms with Crippen LogP contribution in [0.3, 0.4) is 0 Å². The summed E-state index contributed by atoms with van der Waals surface area (Å²) < 4.78 is 13.9. The van der Waals surface area contributed by atoms with Crippen LogP contribution >= 0.6 is 0 Å². The molecule has 1 aliphatic rings. The molecule has 1 amide bonds. The number of carbonyl (C=O) groups excluding carboxylic acids is 1. The van der Waals surface area contributed by atoms with E-state index in [1.54, 1.807) is 12.1 Å². The molecule has 1 aromatic carbocycles. The van der Waals surface area contributed by atoms with Gasteiger partial charge in [0.05, 0.1) is 5.56 Å². The summed E-state index contributed by atoms with van der Waals surface area (Å²) in [4.78, 5) is 14.3. The standard InChI is InChI=1S/C16H22FNO/c1-3-18(13-7-5-4-6-8-13)16(19)14-10-9-12(2)11-15(14)17/h9-11,13H,3-8H2,1-2H3. The van der Waals surface area contributed by atoms with Gasteiger partial charge in [-0.15, -0.1) is 0 Å². The average molecular weight is 263 g/mol. The highest BCUT2D eigenvalue weighted by Crippen LogP contribution is 2.24. The number of aryl methyl sites for hydroxylation is 1. The summed E-state index contributed by atoms with van der Waals surface area (Å²) in [7, 11) is 0. The zero-order valence-electron chi connectivity index (χ0n) is 11.8. The summed E-state index contributed by atoms with van der Waals surface area (Å²) in [6.45, 7) is 4.45. The number of nitrogens with zero attached hydrogens (tertiary/aromatic N) is 1. The number of carbonyl (C=O) groups is 1. The summed E-state index contributed by atoms with van der Waals surface area (Å²) in [5.74, 6) is -0.564. The predicted octanol–water partition coefficient (Wildman–Crippen LogP) is 3.93. The second-order valence-electron chi connectivity index (χ2n) is 5.37. The van der Waals surface area contributed by atoms with E-state index >= 15 is 0 Å². The van der Waals surface area contributed by atoms with Crippen molar-refractivity contribution in [1.82, 2.24) is 4.90 Å². The predicted molar refractivity (Wildman–Crippen MR) is 74.7 cm³/mol. The molecule has 104 valence electrons. The van der Waals surface area contributed by atoms with Gasteiger partial charge in [0.25, 0.3) is 5.91 Å². The Balaban J connectivity index is 2.19. The smallest absolute Gasteiger partial charge is 0.257 e. The van der Waals surface area contributed by atoms with E-state index < -0.39 is 5.82 Å². The van der Waals surface area contributed by atoms with Gasteiger partial charge in [0, 0.05) is 12.6 Å². The minimum Gasteiger partial charge on any atom is -0.336 e. The summed E-state index contributed by atoms with van der Waals surface area (Å²) in [5, 5.41) is 0. The van der Waals surface area contributed by atoms with Crippen molar-refractivity contribution < 1.29 is 9.18 Å². The molecule has 0 bridgehead atoms. The van der Waals surface area contributed by atoms with Gasteiger partial charge in [-0.3, -0.25) is 4.79 Å². The molecule has 0 atom stereocenters. The zero-order chi connectivity index (χ0) is 13.8. The Kier molecular flexibility index (Phi) is 4.56. The Morgan fingerprint density at radius 1 is 1.32 bits per heavy atom. The van der Waals surface area contributed by atoms with Crippen molar-refractivity contribution in [2.45, 2.75) is 52.0 Å². The fourth-order valence-corrected chi connectivity index (χ4v) is 2.91. The molecule has 0 aliphatic heterocycles. The summed E-state index contributed by atoms with van der Waals surface area (Å²) >= 11 is 0. The number of hydrogen-bond acceptors (Lipinski definition) is 1. The van der Waals surface area contributed by atoms with Crippen LogP contribution in [-0.4, -0.2) is 23.4 Å². The van der Waals surface area contributed by atoms with Crippen molar-refractivity contribution in [2.75, 3.05) is 6.54 Å². The highest BCUT2D eigenvalue weighted by molar-refractivity contribution is 5.94. The van der Waals surface area contributed by atoms with Crippen molar-refractivity contribution in [1.29, 1.82) is 0 Å². The van der Waals surface area contributed by atoms with E-state index in [2.05, 4.69) is 0 Å². The average Bonchev–Trinajstić information content (AvgIpc) is 2.40. The molecule has 0 radical (unpaired) electrons. The molecule has 0 spiro atoms. The van der Waals surface area contributed by atoms with E-state index in [-0.39, 0.29) is 17.5 Å². The number of hydrogen-bond donors (Lipinski definition) is 0. The minimum absolute atomic E-state index is 0.160. The van der Waals surface area contributed by atoms with Crippen molar-refractivity contribution in [3.05, 3.63) is 35.1 Å². The first-order valence-electron chi connectivity index (χ1n) is 7.20. The van der Waals surface area contributed by atoms with Gasteiger partial charge in [0.15, 0.2) is 0 Å². The second kappa shape index (κ2) is 6.18. The molecule has 0 unspecified atom stereocenters. The van der Waals surface area contributed by atoms with Crippen LogP contribution in [0.5, 0.6) is 0 Å². The van der Waals surface area contributed by atoms with Crippen molar-refractivity contribution in [3.8, 4) is 0 Å². The molecule has 1 fully saturated rings. The van der Waals surface area contributed by atoms with Gasteiger partial charge in [-0.1, -0.05) is 25.3 Å². The van der Waals surface area contributed by atoms with E-state index in [1.807, 2.05) is 18.7 Å². The number of halogens is 1. The van der Waals surface area contributed by atoms with E-state index in [1.165, 1.54) is 25.3 Å². The van der Waals surface area contributed by atoms with Gasteiger partial charge in [0.2, 0.25) is 0 Å². The lowest BCUT2D eigenvalue weighted by Crippen LogP contribution is -2.41. The van der Waals surface area contributed by atoms with E-state index in [4.69, 9.17) is 0 Å². The van der Waals surface area contributed by atoms with Crippen LogP contribution in [0.4, 0.5) is 4.39 Å². The molecule has 3 heteroatoms. The third-order valence-electron chi connectivity index (χ3n) is 3.97. The molecule has 19 heavy (non-hydrogen) atoms. The molecule has 2 nitrogen and oxygen atoms in total. The van der Waals surface area contributed by atoms with Gasteiger partial charge in [-0.2, -0.15) is 0 Å². The number of rotatable bonds is 3. The highest BCUT2D eigenvalue weighted by Gasteiger charge is 2.26. The highest BCUT2D eigenvalue weighted by atomic mass is 19.1. The molecule has 2 rings (SSSR count). The van der Waals surface area contributed by atoms with E-state index in [0.717, 1.165) is 18.4 Å². The zero-order valence-corrected chi connectivity index (χ0v) is 11.8. The monoisotopic (exact) mass is 263 g/mol. The van der Waals surface area contributed by atoms with E-state index in [9.17, 15) is 9.18 Å². The van der Waals surface area contributed by atoms with Crippen LogP contribution < -0.4 is 0 Å². The lowest BCUT2D eigenvalue weighted by atomic mass is 9.93. The molecule has 0 saturated heterocycles. The molecule has 0 N–H and O–H groups in total. The number of benzene rings is 1. The fraction of sp³-hybridized carbons (Fsp3) is 0.562. The molecule has 0 heterocycles. The number of amides is 1.